The molecule has 6 nitrogen and oxygen atoms in total. The van der Waals surface area contributed by atoms with Crippen molar-refractivity contribution in [1.82, 2.24) is 4.31 Å². The molecule has 1 amide bonds. The number of hydrogen-bond donors (Lipinski definition) is 1. The van der Waals surface area contributed by atoms with Gasteiger partial charge in [0.25, 0.3) is 5.91 Å². The van der Waals surface area contributed by atoms with Gasteiger partial charge in [-0.15, -0.1) is 0 Å². The second-order valence-electron chi connectivity index (χ2n) is 7.22. The van der Waals surface area contributed by atoms with Gasteiger partial charge in [-0.1, -0.05) is 45.9 Å². The summed E-state index contributed by atoms with van der Waals surface area (Å²) >= 11 is 0. The van der Waals surface area contributed by atoms with Crippen molar-refractivity contribution in [2.75, 3.05) is 25.0 Å². The van der Waals surface area contributed by atoms with Gasteiger partial charge in [0.1, 0.15) is 5.75 Å². The maximum absolute atomic E-state index is 12.9. The van der Waals surface area contributed by atoms with E-state index in [1.165, 1.54) is 10.4 Å². The number of carbonyl (C=O) groups is 1. The molecule has 0 saturated heterocycles. The van der Waals surface area contributed by atoms with Crippen LogP contribution in [-0.2, 0) is 10.0 Å². The molecular formula is C22H30N2O4S. The van der Waals surface area contributed by atoms with E-state index >= 15 is 0 Å². The van der Waals surface area contributed by atoms with E-state index in [0.29, 0.717) is 42.6 Å². The lowest BCUT2D eigenvalue weighted by Crippen LogP contribution is -2.31. The summed E-state index contributed by atoms with van der Waals surface area (Å²) in [5, 5.41) is 2.83. The fourth-order valence-electron chi connectivity index (χ4n) is 2.87. The Balaban J connectivity index is 2.32. The number of rotatable bonds is 9. The number of carbonyl (C=O) groups excluding carboxylic acids is 1. The standard InChI is InChI=1S/C22H30N2O4S/c1-6-24(7-2)29(26,27)21-14-18(13-12-17(21)5)22(25)23-19-10-8-9-11-20(19)28-15-16(3)4/h8-14,16H,6-7,15H2,1-5H3,(H,23,25). The van der Waals surface area contributed by atoms with Crippen LogP contribution in [0.2, 0.25) is 0 Å². The van der Waals surface area contributed by atoms with Gasteiger partial charge in [-0.3, -0.25) is 4.79 Å². The first kappa shape index (κ1) is 22.9. The van der Waals surface area contributed by atoms with E-state index in [-0.39, 0.29) is 16.4 Å². The molecular weight excluding hydrogens is 388 g/mol. The minimum atomic E-state index is -3.66. The summed E-state index contributed by atoms with van der Waals surface area (Å²) in [5.41, 5.74) is 1.43. The SMILES string of the molecule is CCN(CC)S(=O)(=O)c1cc(C(=O)Nc2ccccc2OCC(C)C)ccc1C. The molecule has 2 aromatic rings. The number of aryl methyl sites for hydroxylation is 1. The van der Waals surface area contributed by atoms with Crippen LogP contribution in [0.25, 0.3) is 0 Å². The highest BCUT2D eigenvalue weighted by atomic mass is 32.2. The first-order valence-corrected chi connectivity index (χ1v) is 11.3. The molecule has 0 unspecified atom stereocenters. The van der Waals surface area contributed by atoms with E-state index in [0.717, 1.165) is 0 Å². The van der Waals surface area contributed by atoms with Gasteiger partial charge >= 0.3 is 0 Å². The molecule has 158 valence electrons. The number of hydrogen-bond acceptors (Lipinski definition) is 4. The third-order valence-corrected chi connectivity index (χ3v) is 6.67. The fourth-order valence-corrected chi connectivity index (χ4v) is 4.58. The monoisotopic (exact) mass is 418 g/mol. The highest BCUT2D eigenvalue weighted by molar-refractivity contribution is 7.89. The molecule has 0 fully saturated rings. The lowest BCUT2D eigenvalue weighted by molar-refractivity contribution is 0.102. The zero-order valence-corrected chi connectivity index (χ0v) is 18.5. The normalized spacial score (nSPS) is 11.7. The Morgan fingerprint density at radius 1 is 1.10 bits per heavy atom. The van der Waals surface area contributed by atoms with E-state index in [9.17, 15) is 13.2 Å². The molecule has 0 aliphatic heterocycles. The number of sulfonamides is 1. The second-order valence-corrected chi connectivity index (χ2v) is 9.13. The molecule has 0 aliphatic rings. The first-order chi connectivity index (χ1) is 13.7. The van der Waals surface area contributed by atoms with Crippen LogP contribution in [0.5, 0.6) is 5.75 Å². The molecule has 0 heterocycles. The Morgan fingerprint density at radius 2 is 1.76 bits per heavy atom. The van der Waals surface area contributed by atoms with Gasteiger partial charge in [-0.2, -0.15) is 4.31 Å². The predicted octanol–water partition coefficient (Wildman–Crippen LogP) is 4.31. The third kappa shape index (κ3) is 5.58. The van der Waals surface area contributed by atoms with E-state index in [1.807, 2.05) is 26.0 Å². The van der Waals surface area contributed by atoms with E-state index in [2.05, 4.69) is 5.32 Å². The molecule has 0 aromatic heterocycles. The average Bonchev–Trinajstić information content (AvgIpc) is 2.68. The van der Waals surface area contributed by atoms with E-state index in [4.69, 9.17) is 4.74 Å². The quantitative estimate of drug-likeness (QED) is 0.658. The van der Waals surface area contributed by atoms with E-state index in [1.54, 1.807) is 45.0 Å². The summed E-state index contributed by atoms with van der Waals surface area (Å²) in [5.74, 6) is 0.544. The van der Waals surface area contributed by atoms with Gasteiger partial charge in [0.05, 0.1) is 17.2 Å². The Bertz CT molecular complexity index is 951. The number of benzene rings is 2. The second kappa shape index (κ2) is 9.89. The summed E-state index contributed by atoms with van der Waals surface area (Å²) in [7, 11) is -3.66. The number of nitrogens with one attached hydrogen (secondary N) is 1. The molecule has 2 aromatic carbocycles. The summed E-state index contributed by atoms with van der Waals surface area (Å²) in [6, 6.07) is 11.9. The number of anilines is 1. The van der Waals surface area contributed by atoms with Crippen molar-refractivity contribution in [3.63, 3.8) is 0 Å². The van der Waals surface area contributed by atoms with Crippen molar-refractivity contribution in [2.45, 2.75) is 39.5 Å². The van der Waals surface area contributed by atoms with Crippen molar-refractivity contribution in [3.05, 3.63) is 53.6 Å². The lowest BCUT2D eigenvalue weighted by Gasteiger charge is -2.20. The van der Waals surface area contributed by atoms with Crippen LogP contribution < -0.4 is 10.1 Å². The molecule has 29 heavy (non-hydrogen) atoms. The summed E-state index contributed by atoms with van der Waals surface area (Å²) < 4.78 is 33.0. The van der Waals surface area contributed by atoms with Crippen molar-refractivity contribution in [2.24, 2.45) is 5.92 Å². The first-order valence-electron chi connectivity index (χ1n) is 9.84. The molecule has 1 N–H and O–H groups in total. The number of para-hydroxylation sites is 2. The third-order valence-electron chi connectivity index (χ3n) is 4.48. The van der Waals surface area contributed by atoms with Gasteiger partial charge in [-0.05, 0) is 42.7 Å². The highest BCUT2D eigenvalue weighted by Gasteiger charge is 2.25. The fraction of sp³-hybridized carbons (Fsp3) is 0.409. The van der Waals surface area contributed by atoms with Gasteiger partial charge in [-0.25, -0.2) is 8.42 Å². The van der Waals surface area contributed by atoms with Crippen LogP contribution >= 0.6 is 0 Å². The molecule has 7 heteroatoms. The van der Waals surface area contributed by atoms with Gasteiger partial charge in [0.2, 0.25) is 10.0 Å². The van der Waals surface area contributed by atoms with Crippen LogP contribution in [0.1, 0.15) is 43.6 Å². The van der Waals surface area contributed by atoms with Crippen LogP contribution in [0.4, 0.5) is 5.69 Å². The van der Waals surface area contributed by atoms with Gasteiger partial charge in [0.15, 0.2) is 0 Å². The topological polar surface area (TPSA) is 75.7 Å². The van der Waals surface area contributed by atoms with Crippen LogP contribution in [0.3, 0.4) is 0 Å². The summed E-state index contributed by atoms with van der Waals surface area (Å²) in [6.07, 6.45) is 0. The number of nitrogens with zero attached hydrogens (tertiary/aromatic N) is 1. The van der Waals surface area contributed by atoms with Crippen LogP contribution in [0, 0.1) is 12.8 Å². The Hall–Kier alpha value is -2.38. The van der Waals surface area contributed by atoms with Crippen LogP contribution in [0.15, 0.2) is 47.4 Å². The highest BCUT2D eigenvalue weighted by Crippen LogP contribution is 2.26. The van der Waals surface area contributed by atoms with Crippen molar-refractivity contribution >= 4 is 21.6 Å². The van der Waals surface area contributed by atoms with Crippen LogP contribution in [-0.4, -0.2) is 38.3 Å². The molecule has 0 radical (unpaired) electrons. The Kier molecular flexibility index (Phi) is 7.81. The largest absolute Gasteiger partial charge is 0.491 e. The molecule has 0 saturated carbocycles. The lowest BCUT2D eigenvalue weighted by atomic mass is 10.1. The summed E-state index contributed by atoms with van der Waals surface area (Å²) in [4.78, 5) is 13.0. The van der Waals surface area contributed by atoms with Gasteiger partial charge < -0.3 is 10.1 Å². The van der Waals surface area contributed by atoms with Crippen molar-refractivity contribution < 1.29 is 17.9 Å². The predicted molar refractivity (Wildman–Crippen MR) is 116 cm³/mol. The molecule has 0 bridgehead atoms. The molecule has 2 rings (SSSR count). The molecule has 0 aliphatic carbocycles. The van der Waals surface area contributed by atoms with E-state index < -0.39 is 10.0 Å². The number of amides is 1. The smallest absolute Gasteiger partial charge is 0.255 e. The zero-order valence-electron chi connectivity index (χ0n) is 17.7. The molecule has 0 atom stereocenters. The minimum absolute atomic E-state index is 0.151. The molecule has 0 spiro atoms. The van der Waals surface area contributed by atoms with Crippen molar-refractivity contribution in [3.8, 4) is 5.75 Å². The zero-order chi connectivity index (χ0) is 21.6. The maximum Gasteiger partial charge on any atom is 0.255 e. The van der Waals surface area contributed by atoms with Crippen molar-refractivity contribution in [1.29, 1.82) is 0 Å². The Morgan fingerprint density at radius 3 is 2.38 bits per heavy atom. The summed E-state index contributed by atoms with van der Waals surface area (Å²) in [6.45, 7) is 10.7. The number of ether oxygens (including phenoxy) is 1. The minimum Gasteiger partial charge on any atom is -0.491 e. The van der Waals surface area contributed by atoms with Gasteiger partial charge in [0, 0.05) is 18.7 Å². The Labute approximate surface area is 173 Å². The average molecular weight is 419 g/mol. The maximum atomic E-state index is 12.9.